The summed E-state index contributed by atoms with van der Waals surface area (Å²) in [4.78, 5) is 16.5. The van der Waals surface area contributed by atoms with E-state index in [0.717, 1.165) is 30.2 Å². The Morgan fingerprint density at radius 3 is 2.76 bits per heavy atom. The van der Waals surface area contributed by atoms with Crippen LogP contribution < -0.4 is 5.32 Å². The van der Waals surface area contributed by atoms with Gasteiger partial charge in [0.25, 0.3) is 0 Å². The van der Waals surface area contributed by atoms with E-state index in [-0.39, 0.29) is 11.9 Å². The molecule has 4 nitrogen and oxygen atoms in total. The molecule has 1 saturated heterocycles. The van der Waals surface area contributed by atoms with Crippen LogP contribution in [0.3, 0.4) is 0 Å². The summed E-state index contributed by atoms with van der Waals surface area (Å²) >= 11 is 5.91. The number of carbonyl (C=O) groups is 1. The summed E-state index contributed by atoms with van der Waals surface area (Å²) in [6.07, 6.45) is 0. The highest BCUT2D eigenvalue weighted by molar-refractivity contribution is 6.30. The Kier molecular flexibility index (Phi) is 5.62. The summed E-state index contributed by atoms with van der Waals surface area (Å²) in [7, 11) is 1.87. The molecule has 1 aliphatic heterocycles. The number of hydrogen-bond donors (Lipinski definition) is 1. The molecule has 0 spiro atoms. The van der Waals surface area contributed by atoms with E-state index in [2.05, 4.69) is 17.1 Å². The predicted octanol–water partition coefficient (Wildman–Crippen LogP) is 2.15. The van der Waals surface area contributed by atoms with Gasteiger partial charge in [0.1, 0.15) is 0 Å². The first kappa shape index (κ1) is 16.3. The zero-order valence-electron chi connectivity index (χ0n) is 13.0. The Labute approximate surface area is 132 Å². The molecule has 0 bridgehead atoms. The van der Waals surface area contributed by atoms with E-state index in [1.54, 1.807) is 0 Å². The molecule has 0 aromatic heterocycles. The molecule has 1 unspecified atom stereocenters. The van der Waals surface area contributed by atoms with Crippen LogP contribution >= 0.6 is 11.6 Å². The van der Waals surface area contributed by atoms with Crippen LogP contribution in [0.4, 0.5) is 0 Å². The topological polar surface area (TPSA) is 35.6 Å². The zero-order valence-corrected chi connectivity index (χ0v) is 13.7. The number of nitrogens with one attached hydrogen (secondary N) is 1. The largest absolute Gasteiger partial charge is 0.338 e. The number of benzene rings is 1. The average Bonchev–Trinajstić information content (AvgIpc) is 2.49. The summed E-state index contributed by atoms with van der Waals surface area (Å²) in [5, 5.41) is 4.06. The third-order valence-electron chi connectivity index (χ3n) is 4.30. The molecule has 1 aromatic carbocycles. The third kappa shape index (κ3) is 4.19. The molecule has 2 rings (SSSR count). The molecule has 116 valence electrons. The lowest BCUT2D eigenvalue weighted by atomic mass is 10.1. The lowest BCUT2D eigenvalue weighted by molar-refractivity contribution is -0.133. The summed E-state index contributed by atoms with van der Waals surface area (Å²) in [5.41, 5.74) is 1.10. The van der Waals surface area contributed by atoms with Gasteiger partial charge in [-0.1, -0.05) is 23.7 Å². The quantitative estimate of drug-likeness (QED) is 0.926. The lowest BCUT2D eigenvalue weighted by Gasteiger charge is -2.35. The molecule has 1 aliphatic rings. The van der Waals surface area contributed by atoms with Gasteiger partial charge in [-0.15, -0.1) is 0 Å². The Morgan fingerprint density at radius 2 is 2.14 bits per heavy atom. The number of nitrogens with zero attached hydrogens (tertiary/aromatic N) is 2. The van der Waals surface area contributed by atoms with Crippen molar-refractivity contribution in [2.45, 2.75) is 25.9 Å². The van der Waals surface area contributed by atoms with Gasteiger partial charge in [-0.05, 0) is 31.5 Å². The Hall–Kier alpha value is -1.10. The number of likely N-dealkylation sites (N-methyl/N-ethyl adjacent to an activating group) is 1. The van der Waals surface area contributed by atoms with E-state index in [0.29, 0.717) is 12.6 Å². The van der Waals surface area contributed by atoms with E-state index >= 15 is 0 Å². The Morgan fingerprint density at radius 1 is 1.48 bits per heavy atom. The molecule has 1 fully saturated rings. The van der Waals surface area contributed by atoms with Crippen molar-refractivity contribution in [2.75, 3.05) is 33.2 Å². The van der Waals surface area contributed by atoms with E-state index in [1.807, 2.05) is 43.1 Å². The molecule has 1 aromatic rings. The van der Waals surface area contributed by atoms with Gasteiger partial charge in [0.05, 0.1) is 12.6 Å². The van der Waals surface area contributed by atoms with Crippen molar-refractivity contribution in [3.05, 3.63) is 34.9 Å². The van der Waals surface area contributed by atoms with Crippen LogP contribution in [-0.2, 0) is 4.79 Å². The van der Waals surface area contributed by atoms with Gasteiger partial charge < -0.3 is 10.2 Å². The van der Waals surface area contributed by atoms with Crippen molar-refractivity contribution in [3.63, 3.8) is 0 Å². The Bertz CT molecular complexity index is 477. The number of rotatable bonds is 4. The molecule has 1 amide bonds. The van der Waals surface area contributed by atoms with Crippen LogP contribution in [0.1, 0.15) is 25.5 Å². The molecule has 0 aliphatic carbocycles. The van der Waals surface area contributed by atoms with Gasteiger partial charge in [-0.2, -0.15) is 0 Å². The minimum Gasteiger partial charge on any atom is -0.338 e. The third-order valence-corrected chi connectivity index (χ3v) is 4.56. The van der Waals surface area contributed by atoms with Crippen molar-refractivity contribution in [1.82, 2.24) is 15.1 Å². The maximum atomic E-state index is 12.5. The molecular formula is C16H24ClN3O. The number of hydrogen-bond acceptors (Lipinski definition) is 3. The van der Waals surface area contributed by atoms with Crippen molar-refractivity contribution < 1.29 is 4.79 Å². The molecule has 0 radical (unpaired) electrons. The van der Waals surface area contributed by atoms with Gasteiger partial charge in [0, 0.05) is 37.7 Å². The number of piperazine rings is 1. The van der Waals surface area contributed by atoms with Crippen LogP contribution in [0.15, 0.2) is 24.3 Å². The highest BCUT2D eigenvalue weighted by Crippen LogP contribution is 2.21. The van der Waals surface area contributed by atoms with Crippen LogP contribution in [-0.4, -0.2) is 55.0 Å². The molecule has 5 heteroatoms. The lowest BCUT2D eigenvalue weighted by Crippen LogP contribution is -2.53. The monoisotopic (exact) mass is 309 g/mol. The SMILES string of the molecule is CC(c1ccc(Cl)cc1)N(C)C(=O)CN1CCNC[C@@H]1C. The molecule has 2 atom stereocenters. The fourth-order valence-electron chi connectivity index (χ4n) is 2.58. The van der Waals surface area contributed by atoms with Gasteiger partial charge in [0.15, 0.2) is 0 Å². The van der Waals surface area contributed by atoms with Gasteiger partial charge in [0.2, 0.25) is 5.91 Å². The highest BCUT2D eigenvalue weighted by Gasteiger charge is 2.24. The fourth-order valence-corrected chi connectivity index (χ4v) is 2.71. The molecular weight excluding hydrogens is 286 g/mol. The summed E-state index contributed by atoms with van der Waals surface area (Å²) in [5.74, 6) is 0.159. The first-order chi connectivity index (χ1) is 9.99. The molecule has 21 heavy (non-hydrogen) atoms. The van der Waals surface area contributed by atoms with Crippen LogP contribution in [0.2, 0.25) is 5.02 Å². The standard InChI is InChI=1S/C16H24ClN3O/c1-12-10-18-8-9-20(12)11-16(21)19(3)13(2)14-4-6-15(17)7-5-14/h4-7,12-13,18H,8-11H2,1-3H3/t12-,13?/m0/s1. The van der Waals surface area contributed by atoms with Gasteiger partial charge in [-0.3, -0.25) is 9.69 Å². The van der Waals surface area contributed by atoms with Crippen molar-refractivity contribution >= 4 is 17.5 Å². The summed E-state index contributed by atoms with van der Waals surface area (Å²) in [6.45, 7) is 7.51. The normalized spacial score (nSPS) is 21.0. The molecule has 1 heterocycles. The van der Waals surface area contributed by atoms with E-state index in [1.165, 1.54) is 0 Å². The summed E-state index contributed by atoms with van der Waals surface area (Å²) < 4.78 is 0. The second kappa shape index (κ2) is 7.25. The smallest absolute Gasteiger partial charge is 0.237 e. The summed E-state index contributed by atoms with van der Waals surface area (Å²) in [6, 6.07) is 8.14. The van der Waals surface area contributed by atoms with Crippen molar-refractivity contribution in [2.24, 2.45) is 0 Å². The van der Waals surface area contributed by atoms with Gasteiger partial charge >= 0.3 is 0 Å². The fraction of sp³-hybridized carbons (Fsp3) is 0.562. The molecule has 0 saturated carbocycles. The van der Waals surface area contributed by atoms with E-state index in [9.17, 15) is 4.79 Å². The first-order valence-corrected chi connectivity index (χ1v) is 7.82. The second-order valence-corrected chi connectivity index (χ2v) is 6.19. The van der Waals surface area contributed by atoms with Crippen LogP contribution in [0.5, 0.6) is 0 Å². The average molecular weight is 310 g/mol. The first-order valence-electron chi connectivity index (χ1n) is 7.45. The number of carbonyl (C=O) groups excluding carboxylic acids is 1. The number of halogens is 1. The van der Waals surface area contributed by atoms with Gasteiger partial charge in [-0.25, -0.2) is 0 Å². The van der Waals surface area contributed by atoms with E-state index in [4.69, 9.17) is 11.6 Å². The number of amides is 1. The van der Waals surface area contributed by atoms with Crippen LogP contribution in [0, 0.1) is 0 Å². The Balaban J connectivity index is 1.96. The maximum absolute atomic E-state index is 12.5. The van der Waals surface area contributed by atoms with Crippen LogP contribution in [0.25, 0.3) is 0 Å². The highest BCUT2D eigenvalue weighted by atomic mass is 35.5. The molecule has 1 N–H and O–H groups in total. The minimum atomic E-state index is 0.0491. The van der Waals surface area contributed by atoms with Crippen molar-refractivity contribution in [1.29, 1.82) is 0 Å². The van der Waals surface area contributed by atoms with E-state index < -0.39 is 0 Å². The van der Waals surface area contributed by atoms with Crippen molar-refractivity contribution in [3.8, 4) is 0 Å². The zero-order chi connectivity index (χ0) is 15.4. The maximum Gasteiger partial charge on any atom is 0.237 e. The minimum absolute atomic E-state index is 0.0491. The second-order valence-electron chi connectivity index (χ2n) is 5.76. The predicted molar refractivity (Wildman–Crippen MR) is 86.5 cm³/mol.